The van der Waals surface area contributed by atoms with Gasteiger partial charge >= 0.3 is 0 Å². The van der Waals surface area contributed by atoms with E-state index in [0.29, 0.717) is 6.73 Å². The fourth-order valence-corrected chi connectivity index (χ4v) is 4.54. The first-order valence-corrected chi connectivity index (χ1v) is 14.2. The van der Waals surface area contributed by atoms with Crippen molar-refractivity contribution in [2.24, 2.45) is 0 Å². The van der Waals surface area contributed by atoms with E-state index in [1.165, 1.54) is 0 Å². The number of ether oxygens (including phenoxy) is 1. The van der Waals surface area contributed by atoms with Crippen LogP contribution in [0.3, 0.4) is 0 Å². The van der Waals surface area contributed by atoms with Gasteiger partial charge in [-0.15, -0.1) is 0 Å². The molecular weight excluding hydrogens is 481 g/mol. The Morgan fingerprint density at radius 3 is 2.66 bits per heavy atom. The standard InChI is InChI=1S/C25H27BBrN3OS/c1-17-5-7-22(26)21(11-17)25-24(29-15-30(25)16-31-9-10-32(2,3)4)18-6-8-23-19(12-18)13-20(27)14-28-23/h5-8,11-15H,9-10,16H2,1-4H3. The molecule has 32 heavy (non-hydrogen) atoms. The Morgan fingerprint density at radius 1 is 1.06 bits per heavy atom. The van der Waals surface area contributed by atoms with E-state index < -0.39 is 10.0 Å². The molecule has 0 amide bonds. The van der Waals surface area contributed by atoms with Crippen LogP contribution in [0, 0.1) is 6.92 Å². The van der Waals surface area contributed by atoms with Crippen molar-refractivity contribution in [1.29, 1.82) is 0 Å². The summed E-state index contributed by atoms with van der Waals surface area (Å²) in [5.41, 5.74) is 6.66. The molecule has 0 bridgehead atoms. The Bertz CT molecular complexity index is 1270. The third-order valence-electron chi connectivity index (χ3n) is 5.29. The fourth-order valence-electron chi connectivity index (χ4n) is 3.57. The third kappa shape index (κ3) is 5.28. The van der Waals surface area contributed by atoms with E-state index >= 15 is 0 Å². The Morgan fingerprint density at radius 2 is 1.88 bits per heavy atom. The molecule has 2 aromatic heterocycles. The maximum absolute atomic E-state index is 6.42. The van der Waals surface area contributed by atoms with Gasteiger partial charge in [-0.25, -0.2) is 15.0 Å². The SMILES string of the molecule is [B]c1ccc(C)cc1-c1c(-c2ccc3ncc(Br)cc3c2)ncn1COCCS(C)(C)C. The second kappa shape index (κ2) is 9.42. The van der Waals surface area contributed by atoms with Crippen molar-refractivity contribution in [1.82, 2.24) is 14.5 Å². The predicted octanol–water partition coefficient (Wildman–Crippen LogP) is 5.30. The Balaban J connectivity index is 1.77. The molecule has 2 aromatic carbocycles. The Hall–Kier alpha value is -2.09. The number of rotatable bonds is 7. The molecule has 0 N–H and O–H groups in total. The number of imidazole rings is 1. The highest BCUT2D eigenvalue weighted by atomic mass is 79.9. The van der Waals surface area contributed by atoms with E-state index in [0.717, 1.165) is 61.3 Å². The molecule has 0 unspecified atom stereocenters. The average Bonchev–Trinajstić information content (AvgIpc) is 3.15. The summed E-state index contributed by atoms with van der Waals surface area (Å²) in [6.07, 6.45) is 10.6. The van der Waals surface area contributed by atoms with Crippen molar-refractivity contribution < 1.29 is 4.74 Å². The van der Waals surface area contributed by atoms with Crippen molar-refractivity contribution in [3.8, 4) is 22.5 Å². The van der Waals surface area contributed by atoms with Crippen molar-refractivity contribution in [3.05, 3.63) is 65.0 Å². The van der Waals surface area contributed by atoms with Crippen molar-refractivity contribution in [2.45, 2.75) is 13.7 Å². The zero-order valence-corrected chi connectivity index (χ0v) is 21.3. The first kappa shape index (κ1) is 23.1. The van der Waals surface area contributed by atoms with Gasteiger partial charge in [0.25, 0.3) is 0 Å². The van der Waals surface area contributed by atoms with Crippen LogP contribution in [0.2, 0.25) is 0 Å². The molecule has 164 valence electrons. The maximum atomic E-state index is 6.42. The van der Waals surface area contributed by atoms with Gasteiger partial charge in [0, 0.05) is 27.4 Å². The molecule has 0 saturated heterocycles. The number of halogens is 1. The number of hydrogen-bond donors (Lipinski definition) is 0. The van der Waals surface area contributed by atoms with E-state index in [1.54, 1.807) is 0 Å². The highest BCUT2D eigenvalue weighted by Crippen LogP contribution is 2.34. The number of aryl methyl sites for hydroxylation is 1. The van der Waals surface area contributed by atoms with Gasteiger partial charge in [-0.05, 0) is 65.4 Å². The van der Waals surface area contributed by atoms with E-state index in [1.807, 2.05) is 30.7 Å². The smallest absolute Gasteiger partial charge is 0.124 e. The first-order chi connectivity index (χ1) is 15.2. The summed E-state index contributed by atoms with van der Waals surface area (Å²) in [7, 11) is 5.83. The summed E-state index contributed by atoms with van der Waals surface area (Å²) in [6, 6.07) is 14.4. The molecule has 4 nitrogen and oxygen atoms in total. The van der Waals surface area contributed by atoms with Crippen LogP contribution in [-0.2, 0) is 11.5 Å². The molecule has 0 aliphatic heterocycles. The summed E-state index contributed by atoms with van der Waals surface area (Å²) in [6.45, 7) is 3.24. The lowest BCUT2D eigenvalue weighted by atomic mass is 9.86. The molecule has 4 rings (SSSR count). The van der Waals surface area contributed by atoms with E-state index in [-0.39, 0.29) is 0 Å². The van der Waals surface area contributed by atoms with Crippen LogP contribution in [0.5, 0.6) is 0 Å². The molecule has 4 aromatic rings. The molecule has 0 aliphatic rings. The van der Waals surface area contributed by atoms with E-state index in [4.69, 9.17) is 17.6 Å². The number of nitrogens with zero attached hydrogens (tertiary/aromatic N) is 3. The van der Waals surface area contributed by atoms with Crippen molar-refractivity contribution in [2.75, 3.05) is 31.1 Å². The minimum Gasteiger partial charge on any atom is -0.360 e. The summed E-state index contributed by atoms with van der Waals surface area (Å²) in [5, 5.41) is 1.05. The first-order valence-electron chi connectivity index (χ1n) is 10.4. The monoisotopic (exact) mass is 507 g/mol. The summed E-state index contributed by atoms with van der Waals surface area (Å²) >= 11 is 3.52. The lowest BCUT2D eigenvalue weighted by Gasteiger charge is -2.24. The third-order valence-corrected chi connectivity index (χ3v) is 7.12. The van der Waals surface area contributed by atoms with Gasteiger partial charge in [-0.3, -0.25) is 4.98 Å². The zero-order valence-electron chi connectivity index (χ0n) is 18.9. The second-order valence-electron chi connectivity index (χ2n) is 8.90. The number of pyridine rings is 1. The molecule has 2 heterocycles. The van der Waals surface area contributed by atoms with Crippen LogP contribution in [0.25, 0.3) is 33.4 Å². The van der Waals surface area contributed by atoms with Crippen LogP contribution in [-0.4, -0.2) is 53.5 Å². The van der Waals surface area contributed by atoms with Gasteiger partial charge in [0.2, 0.25) is 0 Å². The van der Waals surface area contributed by atoms with Gasteiger partial charge in [0.1, 0.15) is 14.6 Å². The lowest BCUT2D eigenvalue weighted by molar-refractivity contribution is 0.0907. The predicted molar refractivity (Wildman–Crippen MR) is 142 cm³/mol. The van der Waals surface area contributed by atoms with Gasteiger partial charge in [0.05, 0.1) is 29.8 Å². The van der Waals surface area contributed by atoms with E-state index in [2.05, 4.69) is 75.4 Å². The summed E-state index contributed by atoms with van der Waals surface area (Å²) in [5.74, 6) is 1.07. The quantitative estimate of drug-likeness (QED) is 0.252. The van der Waals surface area contributed by atoms with Crippen LogP contribution < -0.4 is 5.46 Å². The molecule has 0 spiro atoms. The summed E-state index contributed by atoms with van der Waals surface area (Å²) < 4.78 is 9.06. The Kier molecular flexibility index (Phi) is 6.79. The van der Waals surface area contributed by atoms with Crippen molar-refractivity contribution in [3.63, 3.8) is 0 Å². The molecule has 0 fully saturated rings. The molecule has 0 saturated carbocycles. The number of aromatic nitrogens is 3. The zero-order chi connectivity index (χ0) is 22.9. The van der Waals surface area contributed by atoms with Crippen LogP contribution in [0.1, 0.15) is 5.56 Å². The Labute approximate surface area is 201 Å². The second-order valence-corrected chi connectivity index (χ2v) is 14.4. The number of benzene rings is 2. The van der Waals surface area contributed by atoms with Crippen molar-refractivity contribution >= 4 is 50.2 Å². The van der Waals surface area contributed by atoms with Gasteiger partial charge < -0.3 is 9.30 Å². The van der Waals surface area contributed by atoms with Crippen LogP contribution in [0.4, 0.5) is 0 Å². The molecule has 7 heteroatoms. The lowest BCUT2D eigenvalue weighted by Crippen LogP contribution is -2.13. The molecule has 0 aliphatic carbocycles. The molecule has 2 radical (unpaired) electrons. The minimum atomic E-state index is -0.595. The van der Waals surface area contributed by atoms with Crippen LogP contribution in [0.15, 0.2) is 59.5 Å². The summed E-state index contributed by atoms with van der Waals surface area (Å²) in [4.78, 5) is 9.28. The highest BCUT2D eigenvalue weighted by molar-refractivity contribution is 9.10. The number of fused-ring (bicyclic) bond motifs is 1. The fraction of sp³-hybridized carbons (Fsp3) is 0.280. The minimum absolute atomic E-state index is 0.436. The van der Waals surface area contributed by atoms with E-state index in [9.17, 15) is 0 Å². The largest absolute Gasteiger partial charge is 0.360 e. The normalized spacial score (nSPS) is 12.4. The highest BCUT2D eigenvalue weighted by Gasteiger charge is 2.18. The van der Waals surface area contributed by atoms with Crippen LogP contribution >= 0.6 is 26.0 Å². The van der Waals surface area contributed by atoms with Gasteiger partial charge in [0.15, 0.2) is 0 Å². The number of hydrogen-bond acceptors (Lipinski definition) is 3. The van der Waals surface area contributed by atoms with Gasteiger partial charge in [-0.2, -0.15) is 0 Å². The average molecular weight is 508 g/mol. The van der Waals surface area contributed by atoms with Gasteiger partial charge in [-0.1, -0.05) is 35.3 Å². The molecule has 0 atom stereocenters. The topological polar surface area (TPSA) is 39.9 Å². The maximum Gasteiger partial charge on any atom is 0.124 e. The molecular formula is C25H27BBrN3OS.